The number of hydrogen-bond acceptors (Lipinski definition) is 2. The summed E-state index contributed by atoms with van der Waals surface area (Å²) in [6.45, 7) is 3.61. The molecule has 0 bridgehead atoms. The molecule has 2 fully saturated rings. The van der Waals surface area contributed by atoms with E-state index in [1.165, 1.54) is 12.8 Å². The van der Waals surface area contributed by atoms with Gasteiger partial charge in [0.1, 0.15) is 0 Å². The van der Waals surface area contributed by atoms with Gasteiger partial charge in [0, 0.05) is 25.2 Å². The van der Waals surface area contributed by atoms with Crippen molar-refractivity contribution < 1.29 is 8.78 Å². The monoisotopic (exact) mass is 204 g/mol. The van der Waals surface area contributed by atoms with Crippen LogP contribution in [0.1, 0.15) is 19.8 Å². The van der Waals surface area contributed by atoms with Gasteiger partial charge in [0.15, 0.2) is 0 Å². The maximum atomic E-state index is 12.3. The molecule has 2 unspecified atom stereocenters. The number of piperazine rings is 1. The van der Waals surface area contributed by atoms with Gasteiger partial charge in [0.25, 0.3) is 6.43 Å². The smallest absolute Gasteiger partial charge is 0.251 e. The van der Waals surface area contributed by atoms with E-state index in [1.807, 2.05) is 11.8 Å². The van der Waals surface area contributed by atoms with Gasteiger partial charge < -0.3 is 5.32 Å². The third-order valence-corrected chi connectivity index (χ3v) is 3.29. The predicted octanol–water partition coefficient (Wildman–Crippen LogP) is 1.32. The molecule has 1 heterocycles. The second-order valence-corrected chi connectivity index (χ2v) is 4.55. The molecule has 0 spiro atoms. The first-order chi connectivity index (χ1) is 6.66. The fourth-order valence-electron chi connectivity index (χ4n) is 2.19. The van der Waals surface area contributed by atoms with Crippen molar-refractivity contribution in [2.24, 2.45) is 5.92 Å². The van der Waals surface area contributed by atoms with Crippen molar-refractivity contribution in [1.82, 2.24) is 10.2 Å². The summed E-state index contributed by atoms with van der Waals surface area (Å²) in [5, 5.41) is 3.45. The lowest BCUT2D eigenvalue weighted by atomic mass is 10.1. The summed E-state index contributed by atoms with van der Waals surface area (Å²) in [6.07, 6.45) is 0.346. The lowest BCUT2D eigenvalue weighted by Crippen LogP contribution is -2.57. The van der Waals surface area contributed by atoms with Gasteiger partial charge in [-0.05, 0) is 25.7 Å². The number of nitrogens with one attached hydrogen (secondary N) is 1. The van der Waals surface area contributed by atoms with Crippen molar-refractivity contribution in [2.45, 2.75) is 38.3 Å². The summed E-state index contributed by atoms with van der Waals surface area (Å²) in [4.78, 5) is 1.92. The van der Waals surface area contributed by atoms with Crippen LogP contribution in [0.2, 0.25) is 0 Å². The van der Waals surface area contributed by atoms with Crippen molar-refractivity contribution in [3.8, 4) is 0 Å². The van der Waals surface area contributed by atoms with Crippen molar-refractivity contribution in [3.05, 3.63) is 0 Å². The van der Waals surface area contributed by atoms with E-state index in [2.05, 4.69) is 5.32 Å². The van der Waals surface area contributed by atoms with Crippen LogP contribution in [-0.2, 0) is 0 Å². The molecule has 1 saturated heterocycles. The first-order valence-electron chi connectivity index (χ1n) is 5.42. The highest BCUT2D eigenvalue weighted by molar-refractivity contribution is 4.93. The van der Waals surface area contributed by atoms with Gasteiger partial charge in [-0.15, -0.1) is 0 Å². The zero-order valence-corrected chi connectivity index (χ0v) is 8.55. The molecule has 1 aliphatic carbocycles. The molecule has 1 aliphatic heterocycles. The minimum absolute atomic E-state index is 0.0634. The van der Waals surface area contributed by atoms with Crippen molar-refractivity contribution in [2.75, 3.05) is 19.6 Å². The summed E-state index contributed by atoms with van der Waals surface area (Å²) in [7, 11) is 0. The van der Waals surface area contributed by atoms with Crippen LogP contribution in [0.5, 0.6) is 0 Å². The molecular weight excluding hydrogens is 186 g/mol. The Labute approximate surface area is 83.7 Å². The number of rotatable bonds is 3. The van der Waals surface area contributed by atoms with Gasteiger partial charge in [-0.2, -0.15) is 0 Å². The standard InChI is InChI=1S/C10H18F2N2/c1-7-4-13-9(8-2-3-8)5-14(7)6-10(11)12/h7-10,13H,2-6H2,1H3. The zero-order chi connectivity index (χ0) is 10.1. The Bertz CT molecular complexity index is 195. The SMILES string of the molecule is CC1CNC(C2CC2)CN1CC(F)F. The third-order valence-electron chi connectivity index (χ3n) is 3.29. The molecule has 4 heteroatoms. The summed E-state index contributed by atoms with van der Waals surface area (Å²) in [6, 6.07) is 0.712. The Morgan fingerprint density at radius 2 is 2.14 bits per heavy atom. The van der Waals surface area contributed by atoms with Crippen LogP contribution in [-0.4, -0.2) is 43.0 Å². The maximum Gasteiger partial charge on any atom is 0.251 e. The summed E-state index contributed by atoms with van der Waals surface area (Å²) < 4.78 is 24.5. The van der Waals surface area contributed by atoms with Gasteiger partial charge in [0.2, 0.25) is 0 Å². The van der Waals surface area contributed by atoms with Crippen LogP contribution < -0.4 is 5.32 Å². The van der Waals surface area contributed by atoms with E-state index in [1.54, 1.807) is 0 Å². The van der Waals surface area contributed by atoms with E-state index < -0.39 is 6.43 Å². The van der Waals surface area contributed by atoms with E-state index >= 15 is 0 Å². The Balaban J connectivity index is 1.85. The molecule has 2 nitrogen and oxygen atoms in total. The molecule has 14 heavy (non-hydrogen) atoms. The number of nitrogens with zero attached hydrogens (tertiary/aromatic N) is 1. The van der Waals surface area contributed by atoms with Crippen LogP contribution in [0.15, 0.2) is 0 Å². The first kappa shape index (κ1) is 10.3. The van der Waals surface area contributed by atoms with Gasteiger partial charge in [-0.25, -0.2) is 8.78 Å². The van der Waals surface area contributed by atoms with Crippen LogP contribution >= 0.6 is 0 Å². The molecule has 0 aromatic rings. The quantitative estimate of drug-likeness (QED) is 0.746. The molecule has 1 N–H and O–H groups in total. The number of halogens is 2. The molecule has 0 aromatic carbocycles. The molecule has 2 aliphatic rings. The summed E-state index contributed by atoms with van der Waals surface area (Å²) in [5.74, 6) is 0.752. The molecule has 0 amide bonds. The molecule has 0 radical (unpaired) electrons. The second kappa shape index (κ2) is 4.11. The predicted molar refractivity (Wildman–Crippen MR) is 51.6 cm³/mol. The minimum Gasteiger partial charge on any atom is -0.311 e. The highest BCUT2D eigenvalue weighted by Crippen LogP contribution is 2.34. The van der Waals surface area contributed by atoms with Crippen LogP contribution in [0.25, 0.3) is 0 Å². The average Bonchev–Trinajstić information content (AvgIpc) is 2.91. The molecule has 1 saturated carbocycles. The van der Waals surface area contributed by atoms with Crippen LogP contribution in [0, 0.1) is 5.92 Å². The third kappa shape index (κ3) is 2.42. The van der Waals surface area contributed by atoms with Crippen LogP contribution in [0.3, 0.4) is 0 Å². The molecule has 2 atom stereocenters. The lowest BCUT2D eigenvalue weighted by Gasteiger charge is -2.38. The van der Waals surface area contributed by atoms with Crippen molar-refractivity contribution >= 4 is 0 Å². The largest absolute Gasteiger partial charge is 0.311 e. The lowest BCUT2D eigenvalue weighted by molar-refractivity contribution is 0.0455. The maximum absolute atomic E-state index is 12.3. The Morgan fingerprint density at radius 3 is 2.71 bits per heavy atom. The summed E-state index contributed by atoms with van der Waals surface area (Å²) in [5.41, 5.74) is 0. The first-order valence-corrected chi connectivity index (χ1v) is 5.42. The molecular formula is C10H18F2N2. The van der Waals surface area contributed by atoms with Crippen molar-refractivity contribution in [1.29, 1.82) is 0 Å². The normalized spacial score (nSPS) is 35.1. The van der Waals surface area contributed by atoms with E-state index in [-0.39, 0.29) is 12.6 Å². The highest BCUT2D eigenvalue weighted by Gasteiger charge is 2.36. The topological polar surface area (TPSA) is 15.3 Å². The Kier molecular flexibility index (Phi) is 3.02. The Morgan fingerprint density at radius 1 is 1.43 bits per heavy atom. The second-order valence-electron chi connectivity index (χ2n) is 4.55. The van der Waals surface area contributed by atoms with E-state index in [0.717, 1.165) is 19.0 Å². The molecule has 0 aromatic heterocycles. The van der Waals surface area contributed by atoms with Gasteiger partial charge >= 0.3 is 0 Å². The molecule has 2 rings (SSSR count). The summed E-state index contributed by atoms with van der Waals surface area (Å²) >= 11 is 0. The van der Waals surface area contributed by atoms with Crippen molar-refractivity contribution in [3.63, 3.8) is 0 Å². The van der Waals surface area contributed by atoms with Gasteiger partial charge in [-0.3, -0.25) is 4.90 Å². The number of hydrogen-bond donors (Lipinski definition) is 1. The van der Waals surface area contributed by atoms with Crippen LogP contribution in [0.4, 0.5) is 8.78 Å². The minimum atomic E-state index is -2.20. The fourth-order valence-corrected chi connectivity index (χ4v) is 2.19. The van der Waals surface area contributed by atoms with Gasteiger partial charge in [-0.1, -0.05) is 0 Å². The fraction of sp³-hybridized carbons (Fsp3) is 1.00. The Hall–Kier alpha value is -0.220. The molecule has 82 valence electrons. The average molecular weight is 204 g/mol. The highest BCUT2D eigenvalue weighted by atomic mass is 19.3. The van der Waals surface area contributed by atoms with E-state index in [9.17, 15) is 8.78 Å². The van der Waals surface area contributed by atoms with Gasteiger partial charge in [0.05, 0.1) is 6.54 Å². The van der Waals surface area contributed by atoms with E-state index in [0.29, 0.717) is 6.04 Å². The van der Waals surface area contributed by atoms with E-state index in [4.69, 9.17) is 0 Å². The number of alkyl halides is 2. The zero-order valence-electron chi connectivity index (χ0n) is 8.55.